The van der Waals surface area contributed by atoms with Crippen molar-refractivity contribution in [2.75, 3.05) is 20.2 Å². The lowest BCUT2D eigenvalue weighted by molar-refractivity contribution is -0.146. The maximum Gasteiger partial charge on any atom is 0.408 e. The van der Waals surface area contributed by atoms with Gasteiger partial charge in [0, 0.05) is 13.1 Å². The first-order valence-corrected chi connectivity index (χ1v) is 24.1. The molecule has 3 amide bonds. The van der Waals surface area contributed by atoms with E-state index in [0.717, 1.165) is 59.6 Å². The predicted molar refractivity (Wildman–Crippen MR) is 247 cm³/mol. The predicted octanol–water partition coefficient (Wildman–Crippen LogP) is 9.66. The van der Waals surface area contributed by atoms with E-state index >= 15 is 0 Å². The molecule has 0 radical (unpaired) electrons. The number of aromatic nitrogens is 3. The molecule has 4 aliphatic rings. The summed E-state index contributed by atoms with van der Waals surface area (Å²) >= 11 is 0. The minimum atomic E-state index is -1.26. The molecule has 0 aliphatic heterocycles. The highest BCUT2D eigenvalue weighted by atomic mass is 16.6. The molecular formula is C51H80N6O6. The number of hydrogen-bond acceptors (Lipinski definition) is 8. The van der Waals surface area contributed by atoms with Gasteiger partial charge >= 0.3 is 6.09 Å². The number of nitrogens with zero attached hydrogens (tertiary/aromatic N) is 4. The van der Waals surface area contributed by atoms with E-state index < -0.39 is 23.1 Å². The Morgan fingerprint density at radius 1 is 0.952 bits per heavy atom. The number of fused-ring (bicyclic) bond motifs is 5. The van der Waals surface area contributed by atoms with Crippen LogP contribution in [0.4, 0.5) is 4.79 Å². The maximum absolute atomic E-state index is 13.7. The average Bonchev–Trinajstić information content (AvgIpc) is 3.84. The lowest BCUT2D eigenvalue weighted by Gasteiger charge is -2.58. The maximum atomic E-state index is 13.7. The number of rotatable bonds is 18. The van der Waals surface area contributed by atoms with Gasteiger partial charge in [-0.05, 0) is 150 Å². The third-order valence-corrected chi connectivity index (χ3v) is 15.8. The summed E-state index contributed by atoms with van der Waals surface area (Å²) in [4.78, 5) is 41.2. The van der Waals surface area contributed by atoms with E-state index in [9.17, 15) is 14.4 Å². The van der Waals surface area contributed by atoms with Crippen molar-refractivity contribution in [2.24, 2.45) is 46.3 Å². The lowest BCUT2D eigenvalue weighted by atomic mass is 9.47. The fourth-order valence-electron chi connectivity index (χ4n) is 12.2. The molecule has 3 saturated carbocycles. The van der Waals surface area contributed by atoms with Gasteiger partial charge in [-0.2, -0.15) is 0 Å². The molecule has 63 heavy (non-hydrogen) atoms. The van der Waals surface area contributed by atoms with Crippen LogP contribution in [0.25, 0.3) is 0 Å². The van der Waals surface area contributed by atoms with Gasteiger partial charge in [0.15, 0.2) is 0 Å². The highest BCUT2D eigenvalue weighted by molar-refractivity contribution is 5.92. The smallest absolute Gasteiger partial charge is 0.408 e. The minimum Gasteiger partial charge on any atom is -0.497 e. The van der Waals surface area contributed by atoms with E-state index in [0.29, 0.717) is 24.3 Å². The number of hydrogen-bond donors (Lipinski definition) is 2. The zero-order valence-corrected chi connectivity index (χ0v) is 40.6. The van der Waals surface area contributed by atoms with Crippen molar-refractivity contribution in [1.82, 2.24) is 30.5 Å². The van der Waals surface area contributed by atoms with Gasteiger partial charge in [0.1, 0.15) is 29.1 Å². The average molecular weight is 873 g/mol. The van der Waals surface area contributed by atoms with E-state index in [2.05, 4.69) is 61.6 Å². The van der Waals surface area contributed by atoms with E-state index in [1.165, 1.54) is 62.7 Å². The zero-order chi connectivity index (χ0) is 45.7. The molecule has 1 aromatic heterocycles. The van der Waals surface area contributed by atoms with Crippen molar-refractivity contribution in [3.05, 3.63) is 53.4 Å². The number of benzene rings is 1. The standard InChI is InChI=1S/C51H80N6O6/c1-34(2)13-12-14-35(3)42-21-22-43-41-20-17-37-29-40(23-25-50(37,9)44(41)24-26-51(42,43)10)62-33-38-32-56(55-54-38)28-27-52-46(59)49(7,8)57(31-36-15-18-39(61-11)19-16-36)45(58)30-53-47(60)63-48(4,5)6/h15-19,32,34-35,40-44H,12-14,20-31,33H2,1-11H3,(H,52,59)(H,53,60)/t35-,40+,41+,42-,43+,44+,50+,51-/m1/s1. The van der Waals surface area contributed by atoms with Gasteiger partial charge in [-0.3, -0.25) is 14.3 Å². The number of carbonyl (C=O) groups is 3. The summed E-state index contributed by atoms with van der Waals surface area (Å²) in [6.45, 7) is 22.1. The monoisotopic (exact) mass is 873 g/mol. The highest BCUT2D eigenvalue weighted by Crippen LogP contribution is 2.67. The van der Waals surface area contributed by atoms with Crippen LogP contribution >= 0.6 is 0 Å². The van der Waals surface area contributed by atoms with Crippen LogP contribution in [0.5, 0.6) is 5.75 Å². The topological polar surface area (TPSA) is 137 Å². The van der Waals surface area contributed by atoms with Crippen molar-refractivity contribution >= 4 is 17.9 Å². The van der Waals surface area contributed by atoms with Crippen LogP contribution in [-0.4, -0.2) is 75.2 Å². The Morgan fingerprint density at radius 2 is 1.70 bits per heavy atom. The summed E-state index contributed by atoms with van der Waals surface area (Å²) in [5, 5.41) is 14.3. The molecule has 6 rings (SSSR count). The number of carbonyl (C=O) groups excluding carboxylic acids is 3. The number of allylic oxidation sites excluding steroid dienone is 1. The molecule has 1 heterocycles. The summed E-state index contributed by atoms with van der Waals surface area (Å²) < 4.78 is 18.9. The fraction of sp³-hybridized carbons (Fsp3) is 0.745. The van der Waals surface area contributed by atoms with Gasteiger partial charge in [0.2, 0.25) is 11.8 Å². The number of methoxy groups -OCH3 is 1. The van der Waals surface area contributed by atoms with Crippen LogP contribution in [0.15, 0.2) is 42.1 Å². The zero-order valence-electron chi connectivity index (χ0n) is 40.6. The number of ether oxygens (including phenoxy) is 3. The van der Waals surface area contributed by atoms with Crippen LogP contribution in [-0.2, 0) is 38.8 Å². The Morgan fingerprint density at radius 3 is 2.40 bits per heavy atom. The van der Waals surface area contributed by atoms with Crippen LogP contribution in [0.2, 0.25) is 0 Å². The first kappa shape index (κ1) is 48.5. The second-order valence-electron chi connectivity index (χ2n) is 21.9. The molecule has 350 valence electrons. The number of amides is 3. The molecule has 4 aliphatic carbocycles. The third kappa shape index (κ3) is 11.5. The lowest BCUT2D eigenvalue weighted by Crippen LogP contribution is -2.58. The van der Waals surface area contributed by atoms with E-state index in [1.807, 2.05) is 18.3 Å². The largest absolute Gasteiger partial charge is 0.497 e. The summed E-state index contributed by atoms with van der Waals surface area (Å²) in [7, 11) is 1.59. The molecule has 0 bridgehead atoms. The summed E-state index contributed by atoms with van der Waals surface area (Å²) in [6, 6.07) is 7.30. The Labute approximate surface area is 378 Å². The first-order valence-electron chi connectivity index (χ1n) is 24.1. The van der Waals surface area contributed by atoms with Crippen LogP contribution < -0.4 is 15.4 Å². The molecule has 0 spiro atoms. The molecule has 0 saturated heterocycles. The van der Waals surface area contributed by atoms with Gasteiger partial charge < -0.3 is 29.7 Å². The van der Waals surface area contributed by atoms with Crippen LogP contribution in [0, 0.1) is 46.3 Å². The van der Waals surface area contributed by atoms with Crippen molar-refractivity contribution in [3.63, 3.8) is 0 Å². The van der Waals surface area contributed by atoms with Gasteiger partial charge in [-0.1, -0.05) is 82.9 Å². The van der Waals surface area contributed by atoms with E-state index in [1.54, 1.807) is 64.1 Å². The molecule has 2 N–H and O–H groups in total. The number of nitrogens with one attached hydrogen (secondary N) is 2. The summed E-state index contributed by atoms with van der Waals surface area (Å²) in [5.74, 6) is 4.91. The second kappa shape index (κ2) is 20.1. The van der Waals surface area contributed by atoms with Crippen molar-refractivity contribution in [1.29, 1.82) is 0 Å². The highest BCUT2D eigenvalue weighted by Gasteiger charge is 2.59. The molecule has 12 heteroatoms. The molecule has 2 aromatic rings. The van der Waals surface area contributed by atoms with Crippen LogP contribution in [0.3, 0.4) is 0 Å². The Bertz CT molecular complexity index is 1900. The molecular weight excluding hydrogens is 793 g/mol. The Balaban J connectivity index is 0.986. The molecule has 1 aromatic carbocycles. The quantitative estimate of drug-likeness (QED) is 0.141. The SMILES string of the molecule is COc1ccc(CN(C(=O)CNC(=O)OC(C)(C)C)C(C)(C)C(=O)NCCn2cc(CO[C@H]3CC[C@@]4(C)C(=CC[C@H]5[C@@H]6CC[C@H]([C@H](C)CCCC(C)C)[C@@]6(C)CC[C@@H]54)C3)nn2)cc1. The summed E-state index contributed by atoms with van der Waals surface area (Å²) in [6.07, 6.45) is 18.3. The minimum absolute atomic E-state index is 0.142. The molecule has 8 atom stereocenters. The van der Waals surface area contributed by atoms with Gasteiger partial charge in [0.25, 0.3) is 0 Å². The van der Waals surface area contributed by atoms with E-state index in [-0.39, 0.29) is 37.1 Å². The third-order valence-electron chi connectivity index (χ3n) is 15.8. The second-order valence-corrected chi connectivity index (χ2v) is 21.9. The van der Waals surface area contributed by atoms with Crippen molar-refractivity contribution in [3.8, 4) is 5.75 Å². The Hall–Kier alpha value is -3.93. The fourth-order valence-corrected chi connectivity index (χ4v) is 12.2. The van der Waals surface area contributed by atoms with Crippen molar-refractivity contribution in [2.45, 2.75) is 177 Å². The van der Waals surface area contributed by atoms with Crippen molar-refractivity contribution < 1.29 is 28.6 Å². The van der Waals surface area contributed by atoms with Crippen LogP contribution in [0.1, 0.15) is 151 Å². The van der Waals surface area contributed by atoms with Gasteiger partial charge in [-0.15, -0.1) is 5.10 Å². The van der Waals surface area contributed by atoms with Gasteiger partial charge in [0.05, 0.1) is 32.6 Å². The summed E-state index contributed by atoms with van der Waals surface area (Å²) in [5.41, 5.74) is 2.01. The number of alkyl carbamates (subject to hydrolysis) is 1. The van der Waals surface area contributed by atoms with Gasteiger partial charge in [-0.25, -0.2) is 4.79 Å². The molecule has 3 fully saturated rings. The normalized spacial score (nSPS) is 27.4. The molecule has 12 nitrogen and oxygen atoms in total. The first-order chi connectivity index (χ1) is 29.7. The Kier molecular flexibility index (Phi) is 15.5. The van der Waals surface area contributed by atoms with E-state index in [4.69, 9.17) is 14.2 Å². The molecule has 0 unspecified atom stereocenters.